The van der Waals surface area contributed by atoms with E-state index in [4.69, 9.17) is 19.9 Å². The van der Waals surface area contributed by atoms with Gasteiger partial charge in [0.25, 0.3) is 0 Å². The maximum atomic E-state index is 12.1. The largest absolute Gasteiger partial charge is 0.497 e. The van der Waals surface area contributed by atoms with Gasteiger partial charge in [0.05, 0.1) is 31.2 Å². The molecular formula is C15H16N2O4. The number of rotatable bonds is 5. The smallest absolute Gasteiger partial charge is 0.340 e. The lowest BCUT2D eigenvalue weighted by molar-refractivity contribution is 0.0468. The van der Waals surface area contributed by atoms with Crippen molar-refractivity contribution in [1.82, 2.24) is 4.98 Å². The van der Waals surface area contributed by atoms with Crippen molar-refractivity contribution >= 4 is 11.7 Å². The first-order valence-corrected chi connectivity index (χ1v) is 6.24. The summed E-state index contributed by atoms with van der Waals surface area (Å²) in [5, 5.41) is 0. The van der Waals surface area contributed by atoms with E-state index in [9.17, 15) is 4.79 Å². The number of aromatic nitrogens is 1. The van der Waals surface area contributed by atoms with Crippen molar-refractivity contribution in [3.63, 3.8) is 0 Å². The average molecular weight is 288 g/mol. The van der Waals surface area contributed by atoms with Crippen LogP contribution in [-0.2, 0) is 11.3 Å². The maximum Gasteiger partial charge on any atom is 0.340 e. The number of methoxy groups -OCH3 is 2. The van der Waals surface area contributed by atoms with Gasteiger partial charge in [0, 0.05) is 12.3 Å². The standard InChI is InChI=1S/C15H16N2O4/c1-19-11-7-12(14(16)13(8-11)20-2)15(18)21-9-10-5-3-4-6-17-10/h3-8H,9,16H2,1-2H3. The molecule has 0 fully saturated rings. The Morgan fingerprint density at radius 3 is 2.67 bits per heavy atom. The number of carbonyl (C=O) groups excluding carboxylic acids is 1. The summed E-state index contributed by atoms with van der Waals surface area (Å²) >= 11 is 0. The SMILES string of the molecule is COc1cc(OC)c(N)c(C(=O)OCc2ccccn2)c1. The van der Waals surface area contributed by atoms with E-state index in [1.165, 1.54) is 20.3 Å². The van der Waals surface area contributed by atoms with Crippen molar-refractivity contribution in [1.29, 1.82) is 0 Å². The molecule has 0 aliphatic heterocycles. The quantitative estimate of drug-likeness (QED) is 0.669. The lowest BCUT2D eigenvalue weighted by atomic mass is 10.1. The minimum Gasteiger partial charge on any atom is -0.497 e. The Bertz CT molecular complexity index is 629. The van der Waals surface area contributed by atoms with Gasteiger partial charge >= 0.3 is 5.97 Å². The van der Waals surface area contributed by atoms with Crippen LogP contribution in [-0.4, -0.2) is 25.2 Å². The fourth-order valence-electron chi connectivity index (χ4n) is 1.76. The Balaban J connectivity index is 2.18. The minimum atomic E-state index is -0.560. The molecule has 0 saturated heterocycles. The van der Waals surface area contributed by atoms with E-state index in [0.717, 1.165) is 0 Å². The second-order valence-corrected chi connectivity index (χ2v) is 4.19. The molecular weight excluding hydrogens is 272 g/mol. The van der Waals surface area contributed by atoms with Crippen LogP contribution in [0.15, 0.2) is 36.5 Å². The van der Waals surface area contributed by atoms with Gasteiger partial charge in [-0.3, -0.25) is 4.98 Å². The molecule has 110 valence electrons. The predicted octanol–water partition coefficient (Wildman–Crippen LogP) is 2.04. The third kappa shape index (κ3) is 3.42. The number of esters is 1. The summed E-state index contributed by atoms with van der Waals surface area (Å²) in [5.74, 6) is 0.264. The van der Waals surface area contributed by atoms with Crippen LogP contribution in [0, 0.1) is 0 Å². The summed E-state index contributed by atoms with van der Waals surface area (Å²) in [7, 11) is 2.96. The van der Waals surface area contributed by atoms with E-state index in [1.54, 1.807) is 24.4 Å². The number of nitrogen functional groups attached to an aromatic ring is 1. The molecule has 0 unspecified atom stereocenters. The van der Waals surface area contributed by atoms with E-state index < -0.39 is 5.97 Å². The molecule has 6 heteroatoms. The molecule has 0 radical (unpaired) electrons. The van der Waals surface area contributed by atoms with Gasteiger partial charge in [0.2, 0.25) is 0 Å². The highest BCUT2D eigenvalue weighted by Crippen LogP contribution is 2.31. The normalized spacial score (nSPS) is 10.0. The van der Waals surface area contributed by atoms with Crippen LogP contribution >= 0.6 is 0 Å². The zero-order valence-electron chi connectivity index (χ0n) is 11.8. The Morgan fingerprint density at radius 2 is 2.05 bits per heavy atom. The van der Waals surface area contributed by atoms with E-state index >= 15 is 0 Å². The van der Waals surface area contributed by atoms with Gasteiger partial charge in [0.1, 0.15) is 18.1 Å². The second kappa shape index (κ2) is 6.60. The van der Waals surface area contributed by atoms with Crippen molar-refractivity contribution in [2.24, 2.45) is 0 Å². The molecule has 0 aliphatic rings. The highest BCUT2D eigenvalue weighted by molar-refractivity contribution is 5.97. The molecule has 21 heavy (non-hydrogen) atoms. The average Bonchev–Trinajstić information content (AvgIpc) is 2.53. The van der Waals surface area contributed by atoms with E-state index in [-0.39, 0.29) is 17.9 Å². The Hall–Kier alpha value is -2.76. The minimum absolute atomic E-state index is 0.0681. The summed E-state index contributed by atoms with van der Waals surface area (Å²) in [5.41, 5.74) is 6.95. The number of benzene rings is 1. The lowest BCUT2D eigenvalue weighted by Gasteiger charge is -2.12. The lowest BCUT2D eigenvalue weighted by Crippen LogP contribution is -2.10. The van der Waals surface area contributed by atoms with Gasteiger partial charge in [-0.15, -0.1) is 0 Å². The van der Waals surface area contributed by atoms with E-state index in [2.05, 4.69) is 4.98 Å². The molecule has 2 aromatic rings. The monoisotopic (exact) mass is 288 g/mol. The molecule has 0 aliphatic carbocycles. The summed E-state index contributed by atoms with van der Waals surface area (Å²) in [6.07, 6.45) is 1.63. The fraction of sp³-hybridized carbons (Fsp3) is 0.200. The number of hydrogen-bond donors (Lipinski definition) is 1. The second-order valence-electron chi connectivity index (χ2n) is 4.19. The first-order chi connectivity index (χ1) is 10.2. The first-order valence-electron chi connectivity index (χ1n) is 6.24. The Morgan fingerprint density at radius 1 is 1.24 bits per heavy atom. The number of carbonyl (C=O) groups is 1. The molecule has 2 N–H and O–H groups in total. The highest BCUT2D eigenvalue weighted by Gasteiger charge is 2.17. The van der Waals surface area contributed by atoms with Crippen molar-refractivity contribution in [3.8, 4) is 11.5 Å². The van der Waals surface area contributed by atoms with Gasteiger partial charge in [0.15, 0.2) is 0 Å². The number of hydrogen-bond acceptors (Lipinski definition) is 6. The van der Waals surface area contributed by atoms with Crippen molar-refractivity contribution < 1.29 is 19.0 Å². The summed E-state index contributed by atoms with van der Waals surface area (Å²) in [4.78, 5) is 16.2. The zero-order chi connectivity index (χ0) is 15.2. The molecule has 0 bridgehead atoms. The van der Waals surface area contributed by atoms with Gasteiger partial charge in [-0.25, -0.2) is 4.79 Å². The Labute approximate surface area is 122 Å². The maximum absolute atomic E-state index is 12.1. The van der Waals surface area contributed by atoms with Crippen LogP contribution in [0.25, 0.3) is 0 Å². The molecule has 0 atom stereocenters. The Kier molecular flexibility index (Phi) is 4.61. The van der Waals surface area contributed by atoms with E-state index in [1.807, 2.05) is 6.07 Å². The van der Waals surface area contributed by atoms with Crippen LogP contribution in [0.2, 0.25) is 0 Å². The number of pyridine rings is 1. The molecule has 0 amide bonds. The molecule has 1 heterocycles. The highest BCUT2D eigenvalue weighted by atomic mass is 16.5. The fourth-order valence-corrected chi connectivity index (χ4v) is 1.76. The molecule has 0 spiro atoms. The van der Waals surface area contributed by atoms with Gasteiger partial charge < -0.3 is 19.9 Å². The van der Waals surface area contributed by atoms with Gasteiger partial charge in [-0.2, -0.15) is 0 Å². The van der Waals surface area contributed by atoms with Crippen LogP contribution in [0.3, 0.4) is 0 Å². The third-order valence-corrected chi connectivity index (χ3v) is 2.87. The van der Waals surface area contributed by atoms with Crippen molar-refractivity contribution in [2.45, 2.75) is 6.61 Å². The third-order valence-electron chi connectivity index (χ3n) is 2.87. The summed E-state index contributed by atoms with van der Waals surface area (Å²) in [6, 6.07) is 8.49. The van der Waals surface area contributed by atoms with Crippen LogP contribution in [0.5, 0.6) is 11.5 Å². The number of nitrogens with two attached hydrogens (primary N) is 1. The van der Waals surface area contributed by atoms with E-state index in [0.29, 0.717) is 17.2 Å². The number of nitrogens with zero attached hydrogens (tertiary/aromatic N) is 1. The molecule has 0 saturated carbocycles. The van der Waals surface area contributed by atoms with Crippen LogP contribution in [0.1, 0.15) is 16.1 Å². The first kappa shape index (κ1) is 14.6. The molecule has 1 aromatic carbocycles. The zero-order valence-corrected chi connectivity index (χ0v) is 11.8. The number of ether oxygens (including phenoxy) is 3. The van der Waals surface area contributed by atoms with Crippen LogP contribution < -0.4 is 15.2 Å². The van der Waals surface area contributed by atoms with Crippen molar-refractivity contribution in [3.05, 3.63) is 47.8 Å². The molecule has 1 aromatic heterocycles. The predicted molar refractivity (Wildman–Crippen MR) is 77.3 cm³/mol. The van der Waals surface area contributed by atoms with Gasteiger partial charge in [-0.05, 0) is 18.2 Å². The van der Waals surface area contributed by atoms with Crippen molar-refractivity contribution in [2.75, 3.05) is 20.0 Å². The summed E-state index contributed by atoms with van der Waals surface area (Å²) in [6.45, 7) is 0.0681. The molecule has 6 nitrogen and oxygen atoms in total. The molecule has 2 rings (SSSR count). The number of anilines is 1. The van der Waals surface area contributed by atoms with Crippen LogP contribution in [0.4, 0.5) is 5.69 Å². The van der Waals surface area contributed by atoms with Gasteiger partial charge in [-0.1, -0.05) is 6.07 Å². The topological polar surface area (TPSA) is 83.7 Å². The summed E-state index contributed by atoms with van der Waals surface area (Å²) < 4.78 is 15.4.